The van der Waals surface area contributed by atoms with Crippen molar-refractivity contribution in [1.82, 2.24) is 0 Å². The minimum absolute atomic E-state index is 1.07. The lowest BCUT2D eigenvalue weighted by molar-refractivity contribution is 1.16. The molecule has 0 aliphatic rings. The van der Waals surface area contributed by atoms with Crippen LogP contribution in [0, 0.1) is 0 Å². The summed E-state index contributed by atoms with van der Waals surface area (Å²) in [7, 11) is 0. The summed E-state index contributed by atoms with van der Waals surface area (Å²) in [5, 5.41) is 0. The first-order valence-corrected chi connectivity index (χ1v) is 4.08. The van der Waals surface area contributed by atoms with Gasteiger partial charge in [-0.1, -0.05) is 19.1 Å². The molecule has 0 heterocycles. The van der Waals surface area contributed by atoms with Crippen LogP contribution in [0.2, 0.25) is 0 Å². The van der Waals surface area contributed by atoms with Gasteiger partial charge in [-0.3, -0.25) is 4.99 Å². The molecule has 0 saturated carbocycles. The van der Waals surface area contributed by atoms with Gasteiger partial charge >= 0.3 is 0 Å². The summed E-state index contributed by atoms with van der Waals surface area (Å²) in [6.45, 7) is 8.16. The first-order chi connectivity index (χ1) is 5.26. The number of nitrogens with zero attached hydrogens (tertiary/aromatic N) is 1. The van der Waals surface area contributed by atoms with Crippen LogP contribution in [0.3, 0.4) is 0 Å². The molecule has 0 amide bonds. The highest BCUT2D eigenvalue weighted by molar-refractivity contribution is 5.56. The summed E-state index contributed by atoms with van der Waals surface area (Å²) in [4.78, 5) is 4.23. The van der Waals surface area contributed by atoms with E-state index < -0.39 is 0 Å². The quantitative estimate of drug-likeness (QED) is 0.433. The van der Waals surface area contributed by atoms with Gasteiger partial charge in [0.2, 0.25) is 0 Å². The first-order valence-electron chi connectivity index (χ1n) is 4.08. The van der Waals surface area contributed by atoms with Crippen molar-refractivity contribution >= 4 is 6.21 Å². The molecule has 0 saturated heterocycles. The molecule has 0 N–H and O–H groups in total. The van der Waals surface area contributed by atoms with Gasteiger partial charge in [-0.2, -0.15) is 0 Å². The Hall–Kier alpha value is -0.850. The van der Waals surface area contributed by atoms with E-state index in [4.69, 9.17) is 0 Å². The lowest BCUT2D eigenvalue weighted by Crippen LogP contribution is -1.81. The second-order valence-electron chi connectivity index (χ2n) is 2.36. The maximum Gasteiger partial charge on any atom is 0.0608 e. The standard InChI is InChI=1S/C10H17N/c1-5-8-9(4)10(6-2)11-7-3/h6-8H,5H2,1-4H3/b9-8?,10-6-,11-7?. The lowest BCUT2D eigenvalue weighted by atomic mass is 10.2. The third-order valence-electron chi connectivity index (χ3n) is 1.46. The average Bonchev–Trinajstić information content (AvgIpc) is 2.00. The Morgan fingerprint density at radius 2 is 2.00 bits per heavy atom. The molecule has 0 unspecified atom stereocenters. The predicted octanol–water partition coefficient (Wildman–Crippen LogP) is 3.34. The fourth-order valence-corrected chi connectivity index (χ4v) is 0.954. The molecule has 0 rings (SSSR count). The van der Waals surface area contributed by atoms with Crippen molar-refractivity contribution in [2.75, 3.05) is 0 Å². The third-order valence-corrected chi connectivity index (χ3v) is 1.46. The molecule has 0 aromatic carbocycles. The average molecular weight is 151 g/mol. The number of rotatable bonds is 3. The Morgan fingerprint density at radius 3 is 2.36 bits per heavy atom. The highest BCUT2D eigenvalue weighted by atomic mass is 14.7. The van der Waals surface area contributed by atoms with Gasteiger partial charge in [0.1, 0.15) is 0 Å². The van der Waals surface area contributed by atoms with Crippen LogP contribution < -0.4 is 0 Å². The highest BCUT2D eigenvalue weighted by Gasteiger charge is 1.92. The molecule has 0 radical (unpaired) electrons. The minimum atomic E-state index is 1.07. The van der Waals surface area contributed by atoms with Crippen molar-refractivity contribution in [3.8, 4) is 0 Å². The lowest BCUT2D eigenvalue weighted by Gasteiger charge is -1.99. The van der Waals surface area contributed by atoms with Crippen LogP contribution in [0.25, 0.3) is 0 Å². The summed E-state index contributed by atoms with van der Waals surface area (Å²) < 4.78 is 0. The summed E-state index contributed by atoms with van der Waals surface area (Å²) in [5.74, 6) is 0. The van der Waals surface area contributed by atoms with Crippen LogP contribution in [0.5, 0.6) is 0 Å². The Morgan fingerprint density at radius 1 is 1.36 bits per heavy atom. The van der Waals surface area contributed by atoms with E-state index in [1.807, 2.05) is 26.1 Å². The molecule has 1 nitrogen and oxygen atoms in total. The van der Waals surface area contributed by atoms with Crippen LogP contribution in [0.15, 0.2) is 28.4 Å². The smallest absolute Gasteiger partial charge is 0.0608 e. The first kappa shape index (κ1) is 10.2. The van der Waals surface area contributed by atoms with E-state index in [1.54, 1.807) is 0 Å². The summed E-state index contributed by atoms with van der Waals surface area (Å²) in [6.07, 6.45) is 7.11. The number of hydrogen-bond acceptors (Lipinski definition) is 1. The van der Waals surface area contributed by atoms with Crippen molar-refractivity contribution in [2.45, 2.75) is 34.1 Å². The normalized spacial score (nSPS) is 14.5. The van der Waals surface area contributed by atoms with E-state index in [2.05, 4.69) is 24.9 Å². The molecule has 0 spiro atoms. The molecule has 0 aromatic rings. The van der Waals surface area contributed by atoms with Crippen molar-refractivity contribution in [2.24, 2.45) is 4.99 Å². The Balaban J connectivity index is 4.40. The van der Waals surface area contributed by atoms with Gasteiger partial charge in [-0.05, 0) is 32.8 Å². The Labute approximate surface area is 69.5 Å². The maximum atomic E-state index is 4.23. The topological polar surface area (TPSA) is 12.4 Å². The van der Waals surface area contributed by atoms with Crippen LogP contribution in [0.1, 0.15) is 34.1 Å². The largest absolute Gasteiger partial charge is 0.262 e. The van der Waals surface area contributed by atoms with Crippen molar-refractivity contribution < 1.29 is 0 Å². The number of hydrogen-bond donors (Lipinski definition) is 0. The van der Waals surface area contributed by atoms with Gasteiger partial charge < -0.3 is 0 Å². The molecule has 0 fully saturated rings. The number of aliphatic imine (C=N–C) groups is 1. The Kier molecular flexibility index (Phi) is 5.44. The van der Waals surface area contributed by atoms with Gasteiger partial charge in [0, 0.05) is 6.21 Å². The molecule has 11 heavy (non-hydrogen) atoms. The maximum absolute atomic E-state index is 4.23. The number of allylic oxidation sites excluding steroid dienone is 3. The van der Waals surface area contributed by atoms with Gasteiger partial charge in [0.05, 0.1) is 5.70 Å². The molecular formula is C10H17N. The van der Waals surface area contributed by atoms with Gasteiger partial charge in [0.15, 0.2) is 0 Å². The fraction of sp³-hybridized carbons (Fsp3) is 0.500. The minimum Gasteiger partial charge on any atom is -0.262 e. The van der Waals surface area contributed by atoms with Crippen LogP contribution in [0.4, 0.5) is 0 Å². The van der Waals surface area contributed by atoms with E-state index in [9.17, 15) is 0 Å². The molecule has 1 heteroatoms. The second-order valence-corrected chi connectivity index (χ2v) is 2.36. The van der Waals surface area contributed by atoms with Gasteiger partial charge in [0.25, 0.3) is 0 Å². The molecule has 0 bridgehead atoms. The Bertz CT molecular complexity index is 185. The fourth-order valence-electron chi connectivity index (χ4n) is 0.954. The molecule has 0 aromatic heterocycles. The molecule has 0 aliphatic heterocycles. The molecule has 0 atom stereocenters. The van der Waals surface area contributed by atoms with Crippen molar-refractivity contribution in [3.63, 3.8) is 0 Å². The summed E-state index contributed by atoms with van der Waals surface area (Å²) >= 11 is 0. The summed E-state index contributed by atoms with van der Waals surface area (Å²) in [6, 6.07) is 0. The van der Waals surface area contributed by atoms with Crippen LogP contribution in [-0.4, -0.2) is 6.21 Å². The van der Waals surface area contributed by atoms with E-state index >= 15 is 0 Å². The van der Waals surface area contributed by atoms with E-state index in [0.717, 1.165) is 12.1 Å². The van der Waals surface area contributed by atoms with Crippen molar-refractivity contribution in [3.05, 3.63) is 23.4 Å². The van der Waals surface area contributed by atoms with Gasteiger partial charge in [-0.15, -0.1) is 0 Å². The van der Waals surface area contributed by atoms with Crippen LogP contribution in [-0.2, 0) is 0 Å². The van der Waals surface area contributed by atoms with E-state index in [0.29, 0.717) is 0 Å². The zero-order valence-corrected chi connectivity index (χ0v) is 7.89. The zero-order chi connectivity index (χ0) is 8.69. The third kappa shape index (κ3) is 3.76. The SMILES string of the molecule is CC=N/C(=C\C)C(C)=CCC. The monoisotopic (exact) mass is 151 g/mol. The van der Waals surface area contributed by atoms with Crippen LogP contribution >= 0.6 is 0 Å². The zero-order valence-electron chi connectivity index (χ0n) is 7.89. The van der Waals surface area contributed by atoms with Crippen molar-refractivity contribution in [1.29, 1.82) is 0 Å². The predicted molar refractivity (Wildman–Crippen MR) is 52.0 cm³/mol. The van der Waals surface area contributed by atoms with E-state index in [-0.39, 0.29) is 0 Å². The molecule has 62 valence electrons. The summed E-state index contributed by atoms with van der Waals surface area (Å²) in [5.41, 5.74) is 2.34. The highest BCUT2D eigenvalue weighted by Crippen LogP contribution is 2.10. The molecule has 0 aliphatic carbocycles. The van der Waals surface area contributed by atoms with Gasteiger partial charge in [-0.25, -0.2) is 0 Å². The second kappa shape index (κ2) is 5.90. The molecular weight excluding hydrogens is 134 g/mol. The van der Waals surface area contributed by atoms with E-state index in [1.165, 1.54) is 5.57 Å².